The first-order chi connectivity index (χ1) is 8.11. The minimum atomic E-state index is 0.577. The molecule has 17 heavy (non-hydrogen) atoms. The lowest BCUT2D eigenvalue weighted by Gasteiger charge is -2.16. The Morgan fingerprint density at radius 2 is 1.65 bits per heavy atom. The van der Waals surface area contributed by atoms with Crippen LogP contribution in [0.25, 0.3) is 0 Å². The van der Waals surface area contributed by atoms with Crippen molar-refractivity contribution in [2.24, 2.45) is 0 Å². The van der Waals surface area contributed by atoms with Crippen LogP contribution in [0.2, 0.25) is 0 Å². The molecule has 1 aromatic rings. The second-order valence-electron chi connectivity index (χ2n) is 5.27. The van der Waals surface area contributed by atoms with E-state index in [4.69, 9.17) is 0 Å². The molecule has 1 unspecified atom stereocenters. The number of unbranched alkanes of at least 4 members (excludes halogenated alkanes) is 3. The van der Waals surface area contributed by atoms with Gasteiger partial charge in [-0.05, 0) is 50.5 Å². The minimum absolute atomic E-state index is 0.577. The average Bonchev–Trinajstić information content (AvgIpc) is 2.23. The summed E-state index contributed by atoms with van der Waals surface area (Å²) in [6.45, 7) is 8.86. The lowest BCUT2D eigenvalue weighted by atomic mass is 10.1. The van der Waals surface area contributed by atoms with Gasteiger partial charge in [-0.25, -0.2) is 0 Å². The summed E-state index contributed by atoms with van der Waals surface area (Å²) in [5, 5.41) is 3.60. The predicted octanol–water partition coefficient (Wildman–Crippen LogP) is 5.07. The van der Waals surface area contributed by atoms with Crippen molar-refractivity contribution in [1.82, 2.24) is 0 Å². The molecule has 0 aliphatic heterocycles. The second kappa shape index (κ2) is 7.37. The first kappa shape index (κ1) is 14.1. The number of benzene rings is 1. The number of nitrogens with one attached hydrogen (secondary N) is 1. The highest BCUT2D eigenvalue weighted by Gasteiger charge is 2.02. The standard InChI is InChI=1S/C16H27N/c1-5-6-7-8-9-15(4)17-16-11-13(2)10-14(3)12-16/h10-12,15,17H,5-9H2,1-4H3. The number of rotatable bonds is 7. The molecule has 1 heteroatoms. The molecule has 0 aliphatic rings. The van der Waals surface area contributed by atoms with Crippen LogP contribution in [0.15, 0.2) is 18.2 Å². The topological polar surface area (TPSA) is 12.0 Å². The monoisotopic (exact) mass is 233 g/mol. The van der Waals surface area contributed by atoms with Crippen molar-refractivity contribution in [2.45, 2.75) is 65.8 Å². The molecule has 1 aromatic carbocycles. The van der Waals surface area contributed by atoms with Crippen LogP contribution in [0.3, 0.4) is 0 Å². The lowest BCUT2D eigenvalue weighted by molar-refractivity contribution is 0.594. The minimum Gasteiger partial charge on any atom is -0.383 e. The third kappa shape index (κ3) is 5.76. The van der Waals surface area contributed by atoms with Gasteiger partial charge in [-0.3, -0.25) is 0 Å². The van der Waals surface area contributed by atoms with Crippen LogP contribution < -0.4 is 5.32 Å². The van der Waals surface area contributed by atoms with Gasteiger partial charge in [0.05, 0.1) is 0 Å². The molecule has 0 aromatic heterocycles. The number of aryl methyl sites for hydroxylation is 2. The Morgan fingerprint density at radius 3 is 2.24 bits per heavy atom. The van der Waals surface area contributed by atoms with Crippen molar-refractivity contribution in [3.8, 4) is 0 Å². The van der Waals surface area contributed by atoms with Gasteiger partial charge < -0.3 is 5.32 Å². The van der Waals surface area contributed by atoms with Crippen molar-refractivity contribution in [1.29, 1.82) is 0 Å². The van der Waals surface area contributed by atoms with Crippen molar-refractivity contribution in [2.75, 3.05) is 5.32 Å². The van der Waals surface area contributed by atoms with Gasteiger partial charge >= 0.3 is 0 Å². The molecule has 0 saturated carbocycles. The van der Waals surface area contributed by atoms with Gasteiger partial charge in [0.1, 0.15) is 0 Å². The Balaban J connectivity index is 2.36. The van der Waals surface area contributed by atoms with E-state index in [2.05, 4.69) is 51.2 Å². The zero-order valence-electron chi connectivity index (χ0n) is 11.8. The Kier molecular flexibility index (Phi) is 6.10. The molecular formula is C16H27N. The first-order valence-electron chi connectivity index (χ1n) is 6.96. The molecule has 1 N–H and O–H groups in total. The van der Waals surface area contributed by atoms with Crippen molar-refractivity contribution in [3.63, 3.8) is 0 Å². The van der Waals surface area contributed by atoms with E-state index in [1.165, 1.54) is 48.9 Å². The van der Waals surface area contributed by atoms with Crippen molar-refractivity contribution in [3.05, 3.63) is 29.3 Å². The van der Waals surface area contributed by atoms with E-state index in [1.54, 1.807) is 0 Å². The van der Waals surface area contributed by atoms with Crippen LogP contribution in [0.1, 0.15) is 57.1 Å². The van der Waals surface area contributed by atoms with Gasteiger partial charge in [0, 0.05) is 11.7 Å². The second-order valence-corrected chi connectivity index (χ2v) is 5.27. The number of hydrogen-bond acceptors (Lipinski definition) is 1. The fourth-order valence-corrected chi connectivity index (χ4v) is 2.29. The summed E-state index contributed by atoms with van der Waals surface area (Å²) in [5.41, 5.74) is 3.95. The fourth-order valence-electron chi connectivity index (χ4n) is 2.29. The van der Waals surface area contributed by atoms with Gasteiger partial charge in [0.2, 0.25) is 0 Å². The summed E-state index contributed by atoms with van der Waals surface area (Å²) in [7, 11) is 0. The molecule has 1 nitrogen and oxygen atoms in total. The summed E-state index contributed by atoms with van der Waals surface area (Å²) in [4.78, 5) is 0. The maximum Gasteiger partial charge on any atom is 0.0347 e. The van der Waals surface area contributed by atoms with Crippen LogP contribution in [-0.4, -0.2) is 6.04 Å². The Morgan fingerprint density at radius 1 is 1.00 bits per heavy atom. The van der Waals surface area contributed by atoms with E-state index in [0.717, 1.165) is 0 Å². The molecule has 0 radical (unpaired) electrons. The highest BCUT2D eigenvalue weighted by molar-refractivity contribution is 5.48. The zero-order chi connectivity index (χ0) is 12.7. The smallest absolute Gasteiger partial charge is 0.0347 e. The summed E-state index contributed by atoms with van der Waals surface area (Å²) in [6.07, 6.45) is 6.67. The lowest BCUT2D eigenvalue weighted by Crippen LogP contribution is -2.15. The molecule has 1 rings (SSSR count). The highest BCUT2D eigenvalue weighted by atomic mass is 14.9. The summed E-state index contributed by atoms with van der Waals surface area (Å²) in [5.74, 6) is 0. The Labute approximate surface area is 107 Å². The fraction of sp³-hybridized carbons (Fsp3) is 0.625. The first-order valence-corrected chi connectivity index (χ1v) is 6.96. The van der Waals surface area contributed by atoms with Crippen molar-refractivity contribution < 1.29 is 0 Å². The molecule has 96 valence electrons. The van der Waals surface area contributed by atoms with Gasteiger partial charge in [-0.15, -0.1) is 0 Å². The van der Waals surface area contributed by atoms with E-state index in [0.29, 0.717) is 6.04 Å². The van der Waals surface area contributed by atoms with Crippen molar-refractivity contribution >= 4 is 5.69 Å². The summed E-state index contributed by atoms with van der Waals surface area (Å²) < 4.78 is 0. The van der Waals surface area contributed by atoms with Gasteiger partial charge in [-0.2, -0.15) is 0 Å². The molecule has 0 aliphatic carbocycles. The van der Waals surface area contributed by atoms with Crippen LogP contribution in [-0.2, 0) is 0 Å². The highest BCUT2D eigenvalue weighted by Crippen LogP contribution is 2.16. The third-order valence-corrected chi connectivity index (χ3v) is 3.13. The van der Waals surface area contributed by atoms with Crippen LogP contribution in [0.4, 0.5) is 5.69 Å². The van der Waals surface area contributed by atoms with Crippen LogP contribution in [0, 0.1) is 13.8 Å². The quantitative estimate of drug-likeness (QED) is 0.648. The van der Waals surface area contributed by atoms with Crippen LogP contribution in [0.5, 0.6) is 0 Å². The van der Waals surface area contributed by atoms with E-state index < -0.39 is 0 Å². The van der Waals surface area contributed by atoms with Gasteiger partial charge in [-0.1, -0.05) is 38.7 Å². The number of anilines is 1. The molecule has 0 heterocycles. The molecule has 0 spiro atoms. The predicted molar refractivity (Wildman–Crippen MR) is 77.8 cm³/mol. The Hall–Kier alpha value is -0.980. The maximum atomic E-state index is 3.60. The molecule has 0 fully saturated rings. The normalized spacial score (nSPS) is 12.5. The molecule has 0 saturated heterocycles. The zero-order valence-corrected chi connectivity index (χ0v) is 11.8. The average molecular weight is 233 g/mol. The third-order valence-electron chi connectivity index (χ3n) is 3.13. The largest absolute Gasteiger partial charge is 0.383 e. The number of hydrogen-bond donors (Lipinski definition) is 1. The molecule has 0 amide bonds. The van der Waals surface area contributed by atoms with Gasteiger partial charge in [0.15, 0.2) is 0 Å². The van der Waals surface area contributed by atoms with E-state index in [-0.39, 0.29) is 0 Å². The Bertz CT molecular complexity index is 310. The van der Waals surface area contributed by atoms with Gasteiger partial charge in [0.25, 0.3) is 0 Å². The SMILES string of the molecule is CCCCCCC(C)Nc1cc(C)cc(C)c1. The summed E-state index contributed by atoms with van der Waals surface area (Å²) in [6, 6.07) is 7.26. The molecule has 0 bridgehead atoms. The van der Waals surface area contributed by atoms with Crippen LogP contribution >= 0.6 is 0 Å². The maximum absolute atomic E-state index is 3.60. The molecular weight excluding hydrogens is 206 g/mol. The van der Waals surface area contributed by atoms with E-state index in [9.17, 15) is 0 Å². The van der Waals surface area contributed by atoms with E-state index >= 15 is 0 Å². The van der Waals surface area contributed by atoms with E-state index in [1.807, 2.05) is 0 Å². The molecule has 1 atom stereocenters. The summed E-state index contributed by atoms with van der Waals surface area (Å²) >= 11 is 0.